The monoisotopic (exact) mass is 259 g/mol. The Morgan fingerprint density at radius 1 is 1.28 bits per heavy atom. The van der Waals surface area contributed by atoms with Crippen molar-refractivity contribution in [3.63, 3.8) is 0 Å². The first kappa shape index (κ1) is 11.3. The topological polar surface area (TPSA) is 69.1 Å². The predicted molar refractivity (Wildman–Crippen MR) is 70.5 cm³/mol. The standard InChI is InChI=1S/C12H13N5S/c1-8-14-15-12-17(8)16-11(18-12)10(13)7-9-5-3-2-4-6-9/h2-6,10H,7,13H2,1H3. The number of rotatable bonds is 3. The number of aromatic nitrogens is 4. The van der Waals surface area contributed by atoms with Gasteiger partial charge in [0, 0.05) is 0 Å². The van der Waals surface area contributed by atoms with Crippen molar-refractivity contribution in [2.24, 2.45) is 5.73 Å². The molecule has 0 saturated heterocycles. The molecule has 0 fully saturated rings. The summed E-state index contributed by atoms with van der Waals surface area (Å²) < 4.78 is 1.74. The van der Waals surface area contributed by atoms with Crippen molar-refractivity contribution in [2.45, 2.75) is 19.4 Å². The highest BCUT2D eigenvalue weighted by molar-refractivity contribution is 7.16. The molecule has 6 heteroatoms. The van der Waals surface area contributed by atoms with Crippen LogP contribution in [0.3, 0.4) is 0 Å². The molecule has 2 heterocycles. The summed E-state index contributed by atoms with van der Waals surface area (Å²) in [5.41, 5.74) is 7.40. The first-order valence-corrected chi connectivity index (χ1v) is 6.54. The predicted octanol–water partition coefficient (Wildman–Crippen LogP) is 1.74. The van der Waals surface area contributed by atoms with Crippen molar-refractivity contribution < 1.29 is 0 Å². The molecule has 0 aliphatic heterocycles. The SMILES string of the molecule is Cc1nnc2sc(C(N)Cc3ccccc3)nn12. The summed E-state index contributed by atoms with van der Waals surface area (Å²) in [5.74, 6) is 0.791. The lowest BCUT2D eigenvalue weighted by Gasteiger charge is -2.07. The number of aryl methyl sites for hydroxylation is 1. The van der Waals surface area contributed by atoms with Gasteiger partial charge in [-0.25, -0.2) is 0 Å². The molecule has 2 aromatic heterocycles. The van der Waals surface area contributed by atoms with Gasteiger partial charge >= 0.3 is 0 Å². The quantitative estimate of drug-likeness (QED) is 0.777. The fourth-order valence-electron chi connectivity index (χ4n) is 1.83. The molecule has 2 N–H and O–H groups in total. The molecule has 3 aromatic rings. The van der Waals surface area contributed by atoms with Gasteiger partial charge in [0.05, 0.1) is 6.04 Å². The van der Waals surface area contributed by atoms with E-state index in [9.17, 15) is 0 Å². The molecular weight excluding hydrogens is 246 g/mol. The molecule has 1 aromatic carbocycles. The van der Waals surface area contributed by atoms with Gasteiger partial charge in [0.25, 0.3) is 0 Å². The molecular formula is C12H13N5S. The van der Waals surface area contributed by atoms with Crippen molar-refractivity contribution in [2.75, 3.05) is 0 Å². The van der Waals surface area contributed by atoms with E-state index in [4.69, 9.17) is 5.73 Å². The van der Waals surface area contributed by atoms with E-state index >= 15 is 0 Å². The molecule has 0 spiro atoms. The van der Waals surface area contributed by atoms with Crippen LogP contribution in [0.1, 0.15) is 22.4 Å². The maximum atomic E-state index is 6.19. The number of hydrogen-bond acceptors (Lipinski definition) is 5. The molecule has 1 unspecified atom stereocenters. The van der Waals surface area contributed by atoms with Gasteiger partial charge in [0.15, 0.2) is 5.82 Å². The summed E-state index contributed by atoms with van der Waals surface area (Å²) in [6, 6.07) is 10.1. The third-order valence-electron chi connectivity index (χ3n) is 2.78. The first-order chi connectivity index (χ1) is 8.74. The van der Waals surface area contributed by atoms with Crippen LogP contribution in [-0.4, -0.2) is 19.8 Å². The Kier molecular flexibility index (Phi) is 2.81. The zero-order chi connectivity index (χ0) is 12.5. The minimum atomic E-state index is -0.0986. The van der Waals surface area contributed by atoms with Crippen LogP contribution in [0.2, 0.25) is 0 Å². The summed E-state index contributed by atoms with van der Waals surface area (Å²) in [4.78, 5) is 0.797. The molecule has 18 heavy (non-hydrogen) atoms. The molecule has 0 radical (unpaired) electrons. The van der Waals surface area contributed by atoms with Crippen LogP contribution in [0.4, 0.5) is 0 Å². The fraction of sp³-hybridized carbons (Fsp3) is 0.250. The second kappa shape index (κ2) is 4.47. The van der Waals surface area contributed by atoms with Crippen molar-refractivity contribution in [3.05, 3.63) is 46.7 Å². The average molecular weight is 259 g/mol. The number of benzene rings is 1. The lowest BCUT2D eigenvalue weighted by Crippen LogP contribution is -2.13. The Morgan fingerprint density at radius 2 is 2.06 bits per heavy atom. The van der Waals surface area contributed by atoms with Gasteiger partial charge in [-0.2, -0.15) is 9.61 Å². The van der Waals surface area contributed by atoms with Crippen molar-refractivity contribution in [1.82, 2.24) is 19.8 Å². The summed E-state index contributed by atoms with van der Waals surface area (Å²) in [6.45, 7) is 1.88. The zero-order valence-corrected chi connectivity index (χ0v) is 10.8. The molecule has 0 amide bonds. The zero-order valence-electron chi connectivity index (χ0n) is 9.95. The molecule has 0 aliphatic rings. The number of nitrogens with two attached hydrogens (primary N) is 1. The summed E-state index contributed by atoms with van der Waals surface area (Å²) in [6.07, 6.45) is 0.782. The molecule has 92 valence electrons. The van der Waals surface area contributed by atoms with Gasteiger partial charge in [0.1, 0.15) is 5.01 Å². The number of fused-ring (bicyclic) bond motifs is 1. The van der Waals surface area contributed by atoms with E-state index in [0.29, 0.717) is 0 Å². The molecule has 1 atom stereocenters. The number of hydrogen-bond donors (Lipinski definition) is 1. The molecule has 3 rings (SSSR count). The van der Waals surface area contributed by atoms with E-state index < -0.39 is 0 Å². The van der Waals surface area contributed by atoms with Crippen LogP contribution in [-0.2, 0) is 6.42 Å². The first-order valence-electron chi connectivity index (χ1n) is 5.72. The normalized spacial score (nSPS) is 13.0. The van der Waals surface area contributed by atoms with Crippen molar-refractivity contribution in [1.29, 1.82) is 0 Å². The van der Waals surface area contributed by atoms with Gasteiger partial charge in [-0.1, -0.05) is 41.7 Å². The smallest absolute Gasteiger partial charge is 0.234 e. The summed E-state index contributed by atoms with van der Waals surface area (Å²) in [7, 11) is 0. The minimum Gasteiger partial charge on any atom is -0.322 e. The highest BCUT2D eigenvalue weighted by Gasteiger charge is 2.15. The van der Waals surface area contributed by atoms with Gasteiger partial charge in [0.2, 0.25) is 4.96 Å². The Morgan fingerprint density at radius 3 is 2.78 bits per heavy atom. The summed E-state index contributed by atoms with van der Waals surface area (Å²) in [5, 5.41) is 13.4. The second-order valence-electron chi connectivity index (χ2n) is 4.18. The van der Waals surface area contributed by atoms with Crippen molar-refractivity contribution >= 4 is 16.3 Å². The minimum absolute atomic E-state index is 0.0986. The van der Waals surface area contributed by atoms with Gasteiger partial charge in [-0.3, -0.25) is 0 Å². The van der Waals surface area contributed by atoms with E-state index in [1.165, 1.54) is 16.9 Å². The maximum Gasteiger partial charge on any atom is 0.234 e. The van der Waals surface area contributed by atoms with Crippen LogP contribution >= 0.6 is 11.3 Å². The number of nitrogens with zero attached hydrogens (tertiary/aromatic N) is 4. The second-order valence-corrected chi connectivity index (χ2v) is 5.17. The Balaban J connectivity index is 1.85. The van der Waals surface area contributed by atoms with Crippen LogP contribution < -0.4 is 5.73 Å². The average Bonchev–Trinajstić information content (AvgIpc) is 2.93. The Labute approximate surface area is 108 Å². The van der Waals surface area contributed by atoms with E-state index in [0.717, 1.165) is 22.2 Å². The van der Waals surface area contributed by atoms with Gasteiger partial charge in [-0.05, 0) is 18.9 Å². The van der Waals surface area contributed by atoms with E-state index in [1.54, 1.807) is 4.52 Å². The van der Waals surface area contributed by atoms with Crippen LogP contribution in [0.5, 0.6) is 0 Å². The van der Waals surface area contributed by atoms with Crippen LogP contribution in [0.15, 0.2) is 30.3 Å². The van der Waals surface area contributed by atoms with E-state index in [-0.39, 0.29) is 6.04 Å². The molecule has 0 bridgehead atoms. The lowest BCUT2D eigenvalue weighted by atomic mass is 10.1. The maximum absolute atomic E-state index is 6.19. The Bertz CT molecular complexity index is 657. The van der Waals surface area contributed by atoms with Gasteiger partial charge in [-0.15, -0.1) is 10.2 Å². The van der Waals surface area contributed by atoms with Gasteiger partial charge < -0.3 is 5.73 Å². The third-order valence-corrected chi connectivity index (χ3v) is 3.81. The highest BCUT2D eigenvalue weighted by atomic mass is 32.1. The Hall–Kier alpha value is -1.79. The van der Waals surface area contributed by atoms with Crippen LogP contribution in [0, 0.1) is 6.92 Å². The molecule has 5 nitrogen and oxygen atoms in total. The third kappa shape index (κ3) is 2.00. The summed E-state index contributed by atoms with van der Waals surface area (Å²) >= 11 is 1.50. The lowest BCUT2D eigenvalue weighted by molar-refractivity contribution is 0.691. The molecule has 0 saturated carbocycles. The highest BCUT2D eigenvalue weighted by Crippen LogP contribution is 2.21. The van der Waals surface area contributed by atoms with Crippen LogP contribution in [0.25, 0.3) is 4.96 Å². The largest absolute Gasteiger partial charge is 0.322 e. The fourth-order valence-corrected chi connectivity index (χ4v) is 2.72. The molecule has 0 aliphatic carbocycles. The van der Waals surface area contributed by atoms with Crippen molar-refractivity contribution in [3.8, 4) is 0 Å². The van der Waals surface area contributed by atoms with E-state index in [2.05, 4.69) is 27.4 Å². The van der Waals surface area contributed by atoms with E-state index in [1.807, 2.05) is 25.1 Å².